The van der Waals surface area contributed by atoms with Crippen LogP contribution >= 0.6 is 15.9 Å². The van der Waals surface area contributed by atoms with Crippen molar-refractivity contribution in [1.82, 2.24) is 4.31 Å². The third-order valence-electron chi connectivity index (χ3n) is 2.71. The van der Waals surface area contributed by atoms with E-state index in [1.54, 1.807) is 12.1 Å². The van der Waals surface area contributed by atoms with Crippen LogP contribution in [0.3, 0.4) is 0 Å². The molecule has 1 fully saturated rings. The molecule has 0 spiro atoms. The number of alkyl halides is 1. The molecule has 1 amide bonds. The number of hydrogen-bond donors (Lipinski definition) is 0. The van der Waals surface area contributed by atoms with Crippen molar-refractivity contribution < 1.29 is 13.2 Å². The van der Waals surface area contributed by atoms with Crippen molar-refractivity contribution in [3.05, 3.63) is 29.8 Å². The Bertz CT molecular complexity index is 538. The molecular weight excluding hydrogens is 306 g/mol. The van der Waals surface area contributed by atoms with Gasteiger partial charge in [0, 0.05) is 6.54 Å². The van der Waals surface area contributed by atoms with Crippen LogP contribution in [0.1, 0.15) is 12.0 Å². The van der Waals surface area contributed by atoms with Crippen molar-refractivity contribution in [3.63, 3.8) is 0 Å². The van der Waals surface area contributed by atoms with Gasteiger partial charge in [0.2, 0.25) is 5.91 Å². The highest BCUT2D eigenvalue weighted by Crippen LogP contribution is 2.25. The van der Waals surface area contributed by atoms with Crippen molar-refractivity contribution >= 4 is 31.9 Å². The summed E-state index contributed by atoms with van der Waals surface area (Å²) in [5.41, 5.74) is 0.982. The Morgan fingerprint density at radius 2 is 1.88 bits per heavy atom. The summed E-state index contributed by atoms with van der Waals surface area (Å²) in [7, 11) is -3.68. The predicted octanol–water partition coefficient (Wildman–Crippen LogP) is 1.68. The molecule has 2 rings (SSSR count). The van der Waals surface area contributed by atoms with Crippen LogP contribution in [0.15, 0.2) is 29.2 Å². The number of hydrogen-bond acceptors (Lipinski definition) is 3. The van der Waals surface area contributed by atoms with E-state index in [-0.39, 0.29) is 22.2 Å². The summed E-state index contributed by atoms with van der Waals surface area (Å²) in [5, 5.41) is 0. The van der Waals surface area contributed by atoms with E-state index >= 15 is 0 Å². The fraction of sp³-hybridized carbons (Fsp3) is 0.364. The van der Waals surface area contributed by atoms with Gasteiger partial charge in [-0.15, -0.1) is 0 Å². The van der Waals surface area contributed by atoms with Crippen molar-refractivity contribution in [2.45, 2.75) is 23.1 Å². The smallest absolute Gasteiger partial charge is 0.266 e. The first-order valence-electron chi connectivity index (χ1n) is 5.20. The van der Waals surface area contributed by atoms with Crippen molar-refractivity contribution in [2.75, 3.05) is 6.54 Å². The topological polar surface area (TPSA) is 54.5 Å². The number of carbonyl (C=O) groups is 1. The maximum absolute atomic E-state index is 12.2. The number of halogens is 1. The van der Waals surface area contributed by atoms with Crippen LogP contribution < -0.4 is 0 Å². The molecule has 0 aliphatic carbocycles. The van der Waals surface area contributed by atoms with Gasteiger partial charge in [-0.1, -0.05) is 33.6 Å². The van der Waals surface area contributed by atoms with Gasteiger partial charge < -0.3 is 0 Å². The molecule has 1 aliphatic rings. The second-order valence-corrected chi connectivity index (χ2v) is 6.95. The molecular formula is C11H12BrNO3S. The maximum atomic E-state index is 12.2. The summed E-state index contributed by atoms with van der Waals surface area (Å²) in [6, 6.07) is 6.50. The molecule has 92 valence electrons. The second kappa shape index (κ2) is 4.42. The van der Waals surface area contributed by atoms with E-state index in [0.717, 1.165) is 9.87 Å². The van der Waals surface area contributed by atoms with Gasteiger partial charge in [0.25, 0.3) is 10.0 Å². The largest absolute Gasteiger partial charge is 0.272 e. The number of carbonyl (C=O) groups excluding carboxylic acids is 1. The SMILES string of the molecule is Cc1ccc(S(=O)(=O)N2CC[C@@H](Br)C2=O)cc1. The highest BCUT2D eigenvalue weighted by atomic mass is 79.9. The van der Waals surface area contributed by atoms with Crippen LogP contribution in [0.25, 0.3) is 0 Å². The van der Waals surface area contributed by atoms with Crippen LogP contribution in [-0.4, -0.2) is 30.0 Å². The van der Waals surface area contributed by atoms with Crippen LogP contribution in [0.5, 0.6) is 0 Å². The summed E-state index contributed by atoms with van der Waals surface area (Å²) in [6.45, 7) is 2.12. The number of nitrogens with zero attached hydrogens (tertiary/aromatic N) is 1. The molecule has 1 aliphatic heterocycles. The van der Waals surface area contributed by atoms with Crippen LogP contribution in [0.4, 0.5) is 0 Å². The van der Waals surface area contributed by atoms with Crippen molar-refractivity contribution in [2.24, 2.45) is 0 Å². The first kappa shape index (κ1) is 12.6. The highest BCUT2D eigenvalue weighted by molar-refractivity contribution is 9.10. The minimum absolute atomic E-state index is 0.165. The molecule has 1 aromatic rings. The standard InChI is InChI=1S/C11H12BrNO3S/c1-8-2-4-9(5-3-8)17(15,16)13-7-6-10(12)11(13)14/h2-5,10H,6-7H2,1H3/t10-/m1/s1. The van der Waals surface area contributed by atoms with E-state index in [9.17, 15) is 13.2 Å². The molecule has 0 N–H and O–H groups in total. The lowest BCUT2D eigenvalue weighted by Gasteiger charge is -2.16. The second-order valence-electron chi connectivity index (χ2n) is 3.98. The van der Waals surface area contributed by atoms with Gasteiger partial charge in [0.05, 0.1) is 9.72 Å². The summed E-state index contributed by atoms with van der Waals surface area (Å²) in [4.78, 5) is 11.5. The average molecular weight is 318 g/mol. The van der Waals surface area contributed by atoms with Gasteiger partial charge >= 0.3 is 0 Å². The van der Waals surface area contributed by atoms with Gasteiger partial charge in [-0.05, 0) is 25.5 Å². The predicted molar refractivity (Wildman–Crippen MR) is 67.4 cm³/mol. The van der Waals surface area contributed by atoms with E-state index in [2.05, 4.69) is 15.9 Å². The minimum Gasteiger partial charge on any atom is -0.272 e. The molecule has 0 aromatic heterocycles. The summed E-state index contributed by atoms with van der Waals surface area (Å²) >= 11 is 3.17. The van der Waals surface area contributed by atoms with Crippen LogP contribution in [0, 0.1) is 6.92 Å². The Hall–Kier alpha value is -0.880. The molecule has 0 bridgehead atoms. The zero-order valence-electron chi connectivity index (χ0n) is 9.26. The van der Waals surface area contributed by atoms with E-state index in [0.29, 0.717) is 6.42 Å². The van der Waals surface area contributed by atoms with Gasteiger partial charge in [-0.2, -0.15) is 0 Å². The fourth-order valence-corrected chi connectivity index (χ4v) is 3.73. The number of sulfonamides is 1. The maximum Gasteiger partial charge on any atom is 0.266 e. The van der Waals surface area contributed by atoms with Gasteiger partial charge in [-0.3, -0.25) is 4.79 Å². The highest BCUT2D eigenvalue weighted by Gasteiger charge is 2.38. The third kappa shape index (κ3) is 2.24. The lowest BCUT2D eigenvalue weighted by molar-refractivity contribution is -0.123. The summed E-state index contributed by atoms with van der Waals surface area (Å²) in [6.07, 6.45) is 0.518. The fourth-order valence-electron chi connectivity index (χ4n) is 1.70. The molecule has 0 unspecified atom stereocenters. The zero-order valence-corrected chi connectivity index (χ0v) is 11.7. The number of rotatable bonds is 2. The number of benzene rings is 1. The molecule has 0 radical (unpaired) electrons. The van der Waals surface area contributed by atoms with Crippen molar-refractivity contribution in [1.29, 1.82) is 0 Å². The molecule has 6 heteroatoms. The minimum atomic E-state index is -3.68. The van der Waals surface area contributed by atoms with Gasteiger partial charge in [-0.25, -0.2) is 12.7 Å². The molecule has 1 saturated heterocycles. The monoisotopic (exact) mass is 317 g/mol. The molecule has 17 heavy (non-hydrogen) atoms. The van der Waals surface area contributed by atoms with Crippen molar-refractivity contribution in [3.8, 4) is 0 Å². The third-order valence-corrected chi connectivity index (χ3v) is 5.37. The van der Waals surface area contributed by atoms with E-state index in [4.69, 9.17) is 0 Å². The van der Waals surface area contributed by atoms with Crippen LogP contribution in [0.2, 0.25) is 0 Å². The van der Waals surface area contributed by atoms with E-state index < -0.39 is 10.0 Å². The summed E-state index contributed by atoms with van der Waals surface area (Å²) < 4.78 is 25.3. The summed E-state index contributed by atoms with van der Waals surface area (Å²) in [5.74, 6) is -0.384. The average Bonchev–Trinajstić information content (AvgIpc) is 2.61. The Kier molecular flexibility index (Phi) is 3.27. The zero-order chi connectivity index (χ0) is 12.6. The Labute approximate surface area is 109 Å². The van der Waals surface area contributed by atoms with E-state index in [1.807, 2.05) is 6.92 Å². The van der Waals surface area contributed by atoms with Gasteiger partial charge in [0.1, 0.15) is 0 Å². The Morgan fingerprint density at radius 3 is 2.35 bits per heavy atom. The number of amides is 1. The van der Waals surface area contributed by atoms with Crippen LogP contribution in [-0.2, 0) is 14.8 Å². The van der Waals surface area contributed by atoms with E-state index in [1.165, 1.54) is 12.1 Å². The first-order chi connectivity index (χ1) is 7.93. The normalized spacial score (nSPS) is 20.9. The molecule has 0 saturated carbocycles. The molecule has 4 nitrogen and oxygen atoms in total. The molecule has 1 heterocycles. The molecule has 1 aromatic carbocycles. The van der Waals surface area contributed by atoms with Gasteiger partial charge in [0.15, 0.2) is 0 Å². The quantitative estimate of drug-likeness (QED) is 0.780. The number of aryl methyl sites for hydroxylation is 1. The Morgan fingerprint density at radius 1 is 1.29 bits per heavy atom. The Balaban J connectivity index is 2.37. The molecule has 1 atom stereocenters. The first-order valence-corrected chi connectivity index (χ1v) is 7.56. The lowest BCUT2D eigenvalue weighted by atomic mass is 10.2. The lowest BCUT2D eigenvalue weighted by Crippen LogP contribution is -2.33.